The molecule has 0 unspecified atom stereocenters. The number of ether oxygens (including phenoxy) is 1. The SMILES string of the molecule is C[C@@H]1CCCC[C@@]12NC(=O)N(CC(=O)OCC(=O)Nc1ccc(F)cc1[N+](=O)[O-])C2=O. The van der Waals surface area contributed by atoms with Gasteiger partial charge < -0.3 is 15.4 Å². The molecule has 2 aliphatic rings. The van der Waals surface area contributed by atoms with Gasteiger partial charge in [0.1, 0.15) is 23.6 Å². The van der Waals surface area contributed by atoms with E-state index in [-0.39, 0.29) is 11.6 Å². The second kappa shape index (κ2) is 8.66. The van der Waals surface area contributed by atoms with Crippen molar-refractivity contribution in [1.82, 2.24) is 10.2 Å². The number of nitrogens with zero attached hydrogens (tertiary/aromatic N) is 2. The Morgan fingerprint density at radius 1 is 1.39 bits per heavy atom. The lowest BCUT2D eigenvalue weighted by Crippen LogP contribution is -2.54. The molecule has 1 saturated carbocycles. The number of nitro benzene ring substituents is 1. The number of nitrogens with one attached hydrogen (secondary N) is 2. The van der Waals surface area contributed by atoms with Crippen LogP contribution >= 0.6 is 0 Å². The number of amides is 4. The van der Waals surface area contributed by atoms with Crippen molar-refractivity contribution in [3.63, 3.8) is 0 Å². The van der Waals surface area contributed by atoms with Crippen LogP contribution in [0.4, 0.5) is 20.6 Å². The highest BCUT2D eigenvalue weighted by atomic mass is 19.1. The molecule has 4 amide bonds. The minimum atomic E-state index is -1.02. The molecule has 166 valence electrons. The third-order valence-corrected chi connectivity index (χ3v) is 5.58. The Morgan fingerprint density at radius 2 is 2.13 bits per heavy atom. The lowest BCUT2D eigenvalue weighted by atomic mass is 9.73. The highest BCUT2D eigenvalue weighted by Gasteiger charge is 2.55. The molecule has 1 aromatic carbocycles. The van der Waals surface area contributed by atoms with Gasteiger partial charge in [-0.25, -0.2) is 9.18 Å². The highest BCUT2D eigenvalue weighted by Crippen LogP contribution is 2.38. The number of hydrogen-bond acceptors (Lipinski definition) is 7. The maximum Gasteiger partial charge on any atom is 0.326 e. The number of urea groups is 1. The maximum atomic E-state index is 13.2. The van der Waals surface area contributed by atoms with Crippen LogP contribution in [0.1, 0.15) is 32.6 Å². The quantitative estimate of drug-likeness (QED) is 0.298. The van der Waals surface area contributed by atoms with Crippen LogP contribution in [-0.4, -0.2) is 52.3 Å². The number of carbonyl (C=O) groups excluding carboxylic acids is 4. The number of benzene rings is 1. The van der Waals surface area contributed by atoms with Crippen molar-refractivity contribution < 1.29 is 33.2 Å². The van der Waals surface area contributed by atoms with E-state index < -0.39 is 58.9 Å². The molecule has 2 atom stereocenters. The van der Waals surface area contributed by atoms with Crippen LogP contribution in [0.5, 0.6) is 0 Å². The third kappa shape index (κ3) is 4.47. The third-order valence-electron chi connectivity index (χ3n) is 5.58. The molecule has 3 rings (SSSR count). The van der Waals surface area contributed by atoms with Gasteiger partial charge in [-0.1, -0.05) is 19.8 Å². The Balaban J connectivity index is 1.56. The number of halogens is 1. The van der Waals surface area contributed by atoms with E-state index in [1.165, 1.54) is 0 Å². The molecule has 1 aromatic rings. The lowest BCUT2D eigenvalue weighted by molar-refractivity contribution is -0.384. The van der Waals surface area contributed by atoms with Crippen LogP contribution in [0.3, 0.4) is 0 Å². The molecule has 0 bridgehead atoms. The summed E-state index contributed by atoms with van der Waals surface area (Å²) in [5.41, 5.74) is -1.95. The van der Waals surface area contributed by atoms with Crippen LogP contribution in [-0.2, 0) is 19.1 Å². The van der Waals surface area contributed by atoms with Gasteiger partial charge in [0, 0.05) is 0 Å². The summed E-state index contributed by atoms with van der Waals surface area (Å²) >= 11 is 0. The average Bonchev–Trinajstić information content (AvgIpc) is 2.95. The van der Waals surface area contributed by atoms with Gasteiger partial charge in [-0.3, -0.25) is 29.4 Å². The van der Waals surface area contributed by atoms with Gasteiger partial charge >= 0.3 is 12.0 Å². The molecule has 1 heterocycles. The summed E-state index contributed by atoms with van der Waals surface area (Å²) in [5, 5.41) is 15.8. The lowest BCUT2D eigenvalue weighted by Gasteiger charge is -2.36. The summed E-state index contributed by atoms with van der Waals surface area (Å²) in [5.74, 6) is -3.32. The molecule has 1 spiro atoms. The van der Waals surface area contributed by atoms with Crippen LogP contribution in [0.2, 0.25) is 0 Å². The van der Waals surface area contributed by atoms with E-state index >= 15 is 0 Å². The fraction of sp³-hybridized carbons (Fsp3) is 0.474. The van der Waals surface area contributed by atoms with Gasteiger partial charge in [-0.2, -0.15) is 0 Å². The van der Waals surface area contributed by atoms with Gasteiger partial charge in [0.05, 0.1) is 11.0 Å². The number of rotatable bonds is 6. The molecule has 1 aliphatic heterocycles. The predicted molar refractivity (Wildman–Crippen MR) is 103 cm³/mol. The van der Waals surface area contributed by atoms with Crippen molar-refractivity contribution in [2.24, 2.45) is 5.92 Å². The highest BCUT2D eigenvalue weighted by molar-refractivity contribution is 6.09. The summed E-state index contributed by atoms with van der Waals surface area (Å²) in [4.78, 5) is 60.0. The van der Waals surface area contributed by atoms with E-state index in [1.54, 1.807) is 0 Å². The normalized spacial score (nSPS) is 22.9. The second-order valence-corrected chi connectivity index (χ2v) is 7.57. The van der Waals surface area contributed by atoms with Crippen molar-refractivity contribution in [3.8, 4) is 0 Å². The summed E-state index contributed by atoms with van der Waals surface area (Å²) in [7, 11) is 0. The molecule has 31 heavy (non-hydrogen) atoms. The second-order valence-electron chi connectivity index (χ2n) is 7.57. The largest absolute Gasteiger partial charge is 0.454 e. The Labute approximate surface area is 176 Å². The van der Waals surface area contributed by atoms with Crippen molar-refractivity contribution >= 4 is 35.2 Å². The number of carbonyl (C=O) groups is 4. The Morgan fingerprint density at radius 3 is 2.81 bits per heavy atom. The van der Waals surface area contributed by atoms with Crippen molar-refractivity contribution in [2.75, 3.05) is 18.5 Å². The molecular formula is C19H21FN4O7. The standard InChI is InChI=1S/C19H21FN4O7/c1-11-4-2-3-7-19(11)17(27)23(18(28)22-19)9-16(26)31-10-15(25)21-13-6-5-12(20)8-14(13)24(29)30/h5-6,8,11H,2-4,7,9-10H2,1H3,(H,21,25)(H,22,28)/t11-,19-/m1/s1. The van der Waals surface area contributed by atoms with E-state index in [9.17, 15) is 33.7 Å². The first-order valence-electron chi connectivity index (χ1n) is 9.67. The minimum Gasteiger partial charge on any atom is -0.454 e. The van der Waals surface area contributed by atoms with Crippen molar-refractivity contribution in [3.05, 3.63) is 34.1 Å². The first kappa shape index (κ1) is 22.1. The van der Waals surface area contributed by atoms with Gasteiger partial charge in [0.15, 0.2) is 6.61 Å². The number of imide groups is 1. The van der Waals surface area contributed by atoms with Crippen LogP contribution in [0.15, 0.2) is 18.2 Å². The molecule has 1 aliphatic carbocycles. The fourth-order valence-electron chi connectivity index (χ4n) is 3.91. The molecule has 0 radical (unpaired) electrons. The Hall–Kier alpha value is -3.57. The number of anilines is 1. The molecule has 1 saturated heterocycles. The van der Waals surface area contributed by atoms with Crippen LogP contribution in [0.25, 0.3) is 0 Å². The maximum absolute atomic E-state index is 13.2. The van der Waals surface area contributed by atoms with Crippen LogP contribution in [0, 0.1) is 21.8 Å². The first-order chi connectivity index (χ1) is 14.6. The number of hydrogen-bond donors (Lipinski definition) is 2. The zero-order valence-electron chi connectivity index (χ0n) is 16.7. The van der Waals surface area contributed by atoms with Crippen LogP contribution < -0.4 is 10.6 Å². The minimum absolute atomic E-state index is 0.0731. The van der Waals surface area contributed by atoms with E-state index in [0.717, 1.165) is 36.3 Å². The van der Waals surface area contributed by atoms with Crippen molar-refractivity contribution in [1.29, 1.82) is 0 Å². The van der Waals surface area contributed by atoms with Gasteiger partial charge in [-0.15, -0.1) is 0 Å². The summed E-state index contributed by atoms with van der Waals surface area (Å²) in [6, 6.07) is 1.88. The average molecular weight is 436 g/mol. The molecule has 2 fully saturated rings. The Kier molecular flexibility index (Phi) is 6.18. The molecule has 11 nitrogen and oxygen atoms in total. The van der Waals surface area contributed by atoms with Crippen molar-refractivity contribution in [2.45, 2.75) is 38.1 Å². The zero-order chi connectivity index (χ0) is 22.8. The smallest absolute Gasteiger partial charge is 0.326 e. The molecule has 2 N–H and O–H groups in total. The molecule has 0 aromatic heterocycles. The van der Waals surface area contributed by atoms with Gasteiger partial charge in [0.2, 0.25) is 0 Å². The monoisotopic (exact) mass is 436 g/mol. The fourth-order valence-corrected chi connectivity index (χ4v) is 3.91. The first-order valence-corrected chi connectivity index (χ1v) is 9.67. The molecule has 12 heteroatoms. The number of nitro groups is 1. The Bertz CT molecular complexity index is 953. The topological polar surface area (TPSA) is 148 Å². The van der Waals surface area contributed by atoms with Gasteiger partial charge in [0.25, 0.3) is 17.5 Å². The predicted octanol–water partition coefficient (Wildman–Crippen LogP) is 1.72. The summed E-state index contributed by atoms with van der Waals surface area (Å²) < 4.78 is 18.0. The summed E-state index contributed by atoms with van der Waals surface area (Å²) in [6.07, 6.45) is 3.00. The van der Waals surface area contributed by atoms with E-state index in [1.807, 2.05) is 6.92 Å². The summed E-state index contributed by atoms with van der Waals surface area (Å²) in [6.45, 7) is 0.403. The number of esters is 1. The zero-order valence-corrected chi connectivity index (χ0v) is 16.7. The molecular weight excluding hydrogens is 415 g/mol. The van der Waals surface area contributed by atoms with Gasteiger partial charge in [-0.05, 0) is 30.9 Å². The van der Waals surface area contributed by atoms with E-state index in [2.05, 4.69) is 10.6 Å². The van der Waals surface area contributed by atoms with E-state index in [4.69, 9.17) is 4.74 Å². The van der Waals surface area contributed by atoms with E-state index in [0.29, 0.717) is 12.5 Å².